The highest BCUT2D eigenvalue weighted by molar-refractivity contribution is 7.92. The first-order valence-electron chi connectivity index (χ1n) is 7.42. The van der Waals surface area contributed by atoms with Crippen molar-refractivity contribution in [1.29, 1.82) is 0 Å². The largest absolute Gasteiger partial charge is 0.507 e. The number of nitrogens with zero attached hydrogens (tertiary/aromatic N) is 2. The fourth-order valence-electron chi connectivity index (χ4n) is 2.54. The molecule has 132 valence electrons. The van der Waals surface area contributed by atoms with Crippen molar-refractivity contribution < 1.29 is 18.3 Å². The molecule has 1 aliphatic rings. The molecule has 0 radical (unpaired) electrons. The minimum absolute atomic E-state index is 0.146. The first kappa shape index (κ1) is 17.4. The van der Waals surface area contributed by atoms with Crippen LogP contribution in [0.3, 0.4) is 0 Å². The van der Waals surface area contributed by atoms with Crippen LogP contribution in [0.15, 0.2) is 47.4 Å². The number of anilines is 2. The van der Waals surface area contributed by atoms with Crippen molar-refractivity contribution in [2.24, 2.45) is 0 Å². The van der Waals surface area contributed by atoms with Crippen LogP contribution >= 0.6 is 11.6 Å². The molecule has 9 heteroatoms. The first-order chi connectivity index (χ1) is 11.8. The number of phenols is 1. The lowest BCUT2D eigenvalue weighted by Crippen LogP contribution is -2.29. The number of benzene rings is 2. The van der Waals surface area contributed by atoms with Crippen molar-refractivity contribution in [2.45, 2.75) is 4.90 Å². The van der Waals surface area contributed by atoms with E-state index in [0.717, 1.165) is 0 Å². The number of nitrogens with one attached hydrogen (secondary N) is 1. The average molecular weight is 382 g/mol. The minimum Gasteiger partial charge on any atom is -0.507 e. The predicted octanol–water partition coefficient (Wildman–Crippen LogP) is 2.72. The number of urea groups is 1. The van der Waals surface area contributed by atoms with Gasteiger partial charge in [-0.1, -0.05) is 17.7 Å². The summed E-state index contributed by atoms with van der Waals surface area (Å²) < 4.78 is 27.4. The van der Waals surface area contributed by atoms with E-state index in [9.17, 15) is 18.3 Å². The van der Waals surface area contributed by atoms with Gasteiger partial charge in [0.15, 0.2) is 0 Å². The van der Waals surface area contributed by atoms with Crippen molar-refractivity contribution in [2.75, 3.05) is 29.8 Å². The van der Waals surface area contributed by atoms with E-state index >= 15 is 0 Å². The summed E-state index contributed by atoms with van der Waals surface area (Å²) in [5.41, 5.74) is 0.865. The Balaban J connectivity index is 1.89. The fourth-order valence-corrected chi connectivity index (χ4v) is 3.95. The Hall–Kier alpha value is -2.45. The summed E-state index contributed by atoms with van der Waals surface area (Å²) >= 11 is 5.81. The molecule has 0 atom stereocenters. The maximum absolute atomic E-state index is 12.5. The average Bonchev–Trinajstić information content (AvgIpc) is 2.89. The van der Waals surface area contributed by atoms with Crippen LogP contribution in [0.5, 0.6) is 5.75 Å². The quantitative estimate of drug-likeness (QED) is 0.852. The van der Waals surface area contributed by atoms with Crippen LogP contribution in [-0.4, -0.2) is 44.6 Å². The summed E-state index contributed by atoms with van der Waals surface area (Å²) in [6.07, 6.45) is 0. The summed E-state index contributed by atoms with van der Waals surface area (Å²) in [4.78, 5) is 14.9. The minimum atomic E-state index is -4.03. The van der Waals surface area contributed by atoms with E-state index in [1.54, 1.807) is 41.1 Å². The number of hydrogen-bond donors (Lipinski definition) is 2. The fraction of sp³-hybridized carbons (Fsp3) is 0.188. The normalized spacial score (nSPS) is 14.9. The molecule has 1 heterocycles. The van der Waals surface area contributed by atoms with Gasteiger partial charge in [-0.15, -0.1) is 0 Å². The van der Waals surface area contributed by atoms with Gasteiger partial charge in [-0.25, -0.2) is 13.2 Å². The number of likely N-dealkylation sites (N-methyl/N-ethyl adjacent to an activating group) is 1. The second-order valence-electron chi connectivity index (χ2n) is 5.62. The molecule has 0 aromatic heterocycles. The molecular weight excluding hydrogens is 366 g/mol. The first-order valence-corrected chi connectivity index (χ1v) is 9.28. The van der Waals surface area contributed by atoms with Crippen LogP contribution in [0.2, 0.25) is 5.02 Å². The number of rotatable bonds is 4. The highest BCUT2D eigenvalue weighted by Gasteiger charge is 2.27. The molecule has 1 aliphatic heterocycles. The van der Waals surface area contributed by atoms with E-state index < -0.39 is 15.8 Å². The molecule has 1 fully saturated rings. The van der Waals surface area contributed by atoms with E-state index in [-0.39, 0.29) is 21.6 Å². The Labute approximate surface area is 150 Å². The van der Waals surface area contributed by atoms with Gasteiger partial charge in [-0.2, -0.15) is 0 Å². The Kier molecular flexibility index (Phi) is 4.49. The van der Waals surface area contributed by atoms with Gasteiger partial charge in [0, 0.05) is 30.8 Å². The van der Waals surface area contributed by atoms with Crippen molar-refractivity contribution in [3.05, 3.63) is 47.5 Å². The van der Waals surface area contributed by atoms with Crippen LogP contribution in [0.1, 0.15) is 0 Å². The van der Waals surface area contributed by atoms with Gasteiger partial charge < -0.3 is 10.0 Å². The maximum atomic E-state index is 12.5. The van der Waals surface area contributed by atoms with Crippen LogP contribution in [0, 0.1) is 0 Å². The number of carbonyl (C=O) groups is 1. The summed E-state index contributed by atoms with van der Waals surface area (Å²) in [6, 6.07) is 10.1. The number of sulfonamides is 1. The van der Waals surface area contributed by atoms with Gasteiger partial charge in [0.05, 0.1) is 5.69 Å². The van der Waals surface area contributed by atoms with Gasteiger partial charge >= 0.3 is 6.03 Å². The van der Waals surface area contributed by atoms with E-state index in [0.29, 0.717) is 18.8 Å². The zero-order chi connectivity index (χ0) is 18.2. The second kappa shape index (κ2) is 6.45. The zero-order valence-corrected chi connectivity index (χ0v) is 14.9. The monoisotopic (exact) mass is 381 g/mol. The topological polar surface area (TPSA) is 89.9 Å². The van der Waals surface area contributed by atoms with E-state index in [2.05, 4.69) is 4.72 Å². The molecule has 2 N–H and O–H groups in total. The highest BCUT2D eigenvalue weighted by atomic mass is 35.5. The Morgan fingerprint density at radius 2 is 1.92 bits per heavy atom. The molecule has 7 nitrogen and oxygen atoms in total. The van der Waals surface area contributed by atoms with Gasteiger partial charge in [0.25, 0.3) is 10.0 Å². The zero-order valence-electron chi connectivity index (χ0n) is 13.3. The third-order valence-corrected chi connectivity index (χ3v) is 5.48. The number of hydrogen-bond acceptors (Lipinski definition) is 4. The molecule has 0 saturated carbocycles. The molecule has 2 aromatic rings. The smallest absolute Gasteiger partial charge is 0.324 e. The number of phenolic OH excluding ortho intramolecular Hbond substituents is 1. The van der Waals surface area contributed by atoms with Crippen LogP contribution in [-0.2, 0) is 10.0 Å². The lowest BCUT2D eigenvalue weighted by atomic mass is 10.2. The van der Waals surface area contributed by atoms with Crippen molar-refractivity contribution >= 4 is 39.0 Å². The van der Waals surface area contributed by atoms with E-state index in [1.165, 1.54) is 18.2 Å². The molecule has 2 aromatic carbocycles. The highest BCUT2D eigenvalue weighted by Crippen LogP contribution is 2.29. The number of aromatic hydroxyl groups is 1. The third kappa shape index (κ3) is 3.49. The lowest BCUT2D eigenvalue weighted by Gasteiger charge is -2.17. The molecule has 2 amide bonds. The van der Waals surface area contributed by atoms with Gasteiger partial charge in [0.1, 0.15) is 10.6 Å². The summed E-state index contributed by atoms with van der Waals surface area (Å²) in [6.45, 7) is 1.13. The van der Waals surface area contributed by atoms with E-state index in [1.807, 2.05) is 0 Å². The van der Waals surface area contributed by atoms with Gasteiger partial charge in [-0.05, 0) is 36.4 Å². The maximum Gasteiger partial charge on any atom is 0.324 e. The SMILES string of the molecule is CN1CCN(c2cccc(NS(=O)(=O)c3cc(Cl)ccc3O)c2)C1=O. The standard InChI is InChI=1S/C16H16ClN3O4S/c1-19-7-8-20(16(19)22)13-4-2-3-12(10-13)18-25(23,24)15-9-11(17)5-6-14(15)21/h2-6,9-10,18,21H,7-8H2,1H3. The third-order valence-electron chi connectivity index (χ3n) is 3.84. The number of carbonyl (C=O) groups excluding carboxylic acids is 1. The summed E-state index contributed by atoms with van der Waals surface area (Å²) in [7, 11) is -2.32. The lowest BCUT2D eigenvalue weighted by molar-refractivity contribution is 0.229. The second-order valence-corrected chi connectivity index (χ2v) is 7.71. The number of amides is 2. The summed E-state index contributed by atoms with van der Waals surface area (Å²) in [5, 5.41) is 10.00. The Morgan fingerprint density at radius 3 is 2.60 bits per heavy atom. The molecule has 3 rings (SSSR count). The van der Waals surface area contributed by atoms with Crippen molar-refractivity contribution in [1.82, 2.24) is 4.90 Å². The van der Waals surface area contributed by atoms with Gasteiger partial charge in [-0.3, -0.25) is 9.62 Å². The Morgan fingerprint density at radius 1 is 1.16 bits per heavy atom. The van der Waals surface area contributed by atoms with Crippen LogP contribution < -0.4 is 9.62 Å². The van der Waals surface area contributed by atoms with Crippen LogP contribution in [0.25, 0.3) is 0 Å². The Bertz CT molecular complexity index is 933. The summed E-state index contributed by atoms with van der Waals surface area (Å²) in [5.74, 6) is -0.399. The van der Waals surface area contributed by atoms with E-state index in [4.69, 9.17) is 11.6 Å². The molecule has 0 unspecified atom stereocenters. The predicted molar refractivity (Wildman–Crippen MR) is 95.7 cm³/mol. The number of halogens is 1. The molecule has 0 bridgehead atoms. The van der Waals surface area contributed by atoms with Crippen molar-refractivity contribution in [3.8, 4) is 5.75 Å². The van der Waals surface area contributed by atoms with Gasteiger partial charge in [0.2, 0.25) is 0 Å². The van der Waals surface area contributed by atoms with Crippen LogP contribution in [0.4, 0.5) is 16.2 Å². The van der Waals surface area contributed by atoms with Crippen molar-refractivity contribution in [3.63, 3.8) is 0 Å². The molecular formula is C16H16ClN3O4S. The molecule has 0 aliphatic carbocycles. The molecule has 25 heavy (non-hydrogen) atoms. The molecule has 0 spiro atoms. The molecule has 1 saturated heterocycles.